The SMILES string of the molecule is CN(C)CCCOc1ccc(NC(=O)Cc2nnc(Cc3nc4ccc(-c5ccccc5)cc4s3)o2)cn1. The summed E-state index contributed by atoms with van der Waals surface area (Å²) < 4.78 is 12.4. The molecule has 0 fully saturated rings. The lowest BCUT2D eigenvalue weighted by Crippen LogP contribution is -2.16. The van der Waals surface area contributed by atoms with Gasteiger partial charge in [-0.1, -0.05) is 36.4 Å². The maximum absolute atomic E-state index is 12.5. The Bertz CT molecular complexity index is 1500. The van der Waals surface area contributed by atoms with Crippen LogP contribution < -0.4 is 10.1 Å². The maximum atomic E-state index is 12.5. The molecule has 1 amide bonds. The predicted octanol–water partition coefficient (Wildman–Crippen LogP) is 4.84. The third kappa shape index (κ3) is 6.78. The van der Waals surface area contributed by atoms with Gasteiger partial charge in [0.1, 0.15) is 11.4 Å². The summed E-state index contributed by atoms with van der Waals surface area (Å²) in [6.07, 6.45) is 2.85. The third-order valence-electron chi connectivity index (χ3n) is 5.68. The molecule has 1 N–H and O–H groups in total. The molecule has 0 aliphatic rings. The van der Waals surface area contributed by atoms with E-state index in [-0.39, 0.29) is 18.2 Å². The average Bonchev–Trinajstić information content (AvgIpc) is 3.53. The Labute approximate surface area is 224 Å². The highest BCUT2D eigenvalue weighted by Gasteiger charge is 2.14. The topological polar surface area (TPSA) is 106 Å². The van der Waals surface area contributed by atoms with E-state index in [1.165, 1.54) is 5.56 Å². The van der Waals surface area contributed by atoms with Gasteiger partial charge in [0, 0.05) is 12.6 Å². The van der Waals surface area contributed by atoms with Crippen LogP contribution in [0.25, 0.3) is 21.3 Å². The van der Waals surface area contributed by atoms with Crippen LogP contribution in [0.2, 0.25) is 0 Å². The Balaban J connectivity index is 1.14. The van der Waals surface area contributed by atoms with Crippen molar-refractivity contribution in [3.8, 4) is 17.0 Å². The van der Waals surface area contributed by atoms with E-state index in [0.29, 0.717) is 30.5 Å². The molecule has 0 spiro atoms. The van der Waals surface area contributed by atoms with Crippen molar-refractivity contribution in [1.82, 2.24) is 25.1 Å². The highest BCUT2D eigenvalue weighted by molar-refractivity contribution is 7.18. The van der Waals surface area contributed by atoms with Crippen LogP contribution in [0.15, 0.2) is 71.3 Å². The van der Waals surface area contributed by atoms with E-state index in [0.717, 1.165) is 33.8 Å². The van der Waals surface area contributed by atoms with Gasteiger partial charge in [0.15, 0.2) is 0 Å². The molecule has 2 aromatic carbocycles. The number of nitrogens with one attached hydrogen (secondary N) is 1. The fourth-order valence-electron chi connectivity index (χ4n) is 3.86. The summed E-state index contributed by atoms with van der Waals surface area (Å²) in [4.78, 5) is 23.5. The fourth-order valence-corrected chi connectivity index (χ4v) is 4.86. The first-order valence-corrected chi connectivity index (χ1v) is 13.1. The largest absolute Gasteiger partial charge is 0.478 e. The van der Waals surface area contributed by atoms with Crippen molar-refractivity contribution in [2.24, 2.45) is 0 Å². The van der Waals surface area contributed by atoms with Crippen molar-refractivity contribution in [1.29, 1.82) is 0 Å². The molecule has 0 saturated carbocycles. The number of aromatic nitrogens is 4. The van der Waals surface area contributed by atoms with E-state index in [1.54, 1.807) is 29.7 Å². The molecule has 0 radical (unpaired) electrons. The minimum Gasteiger partial charge on any atom is -0.478 e. The summed E-state index contributed by atoms with van der Waals surface area (Å²) in [6.45, 7) is 1.53. The van der Waals surface area contributed by atoms with Gasteiger partial charge in [-0.25, -0.2) is 9.97 Å². The summed E-state index contributed by atoms with van der Waals surface area (Å²) in [5.74, 6) is 0.927. The number of fused-ring (bicyclic) bond motifs is 1. The molecular formula is C28H28N6O3S. The Hall–Kier alpha value is -4.15. The normalized spacial score (nSPS) is 11.2. The number of carbonyl (C=O) groups excluding carboxylic acids is 1. The molecule has 9 nitrogen and oxygen atoms in total. The Morgan fingerprint density at radius 3 is 2.66 bits per heavy atom. The second-order valence-corrected chi connectivity index (χ2v) is 10.2. The van der Waals surface area contributed by atoms with E-state index < -0.39 is 0 Å². The van der Waals surface area contributed by atoms with Gasteiger partial charge in [-0.15, -0.1) is 21.5 Å². The third-order valence-corrected chi connectivity index (χ3v) is 6.70. The summed E-state index contributed by atoms with van der Waals surface area (Å²) in [6, 6.07) is 20.0. The van der Waals surface area contributed by atoms with Gasteiger partial charge < -0.3 is 19.4 Å². The molecule has 0 aliphatic carbocycles. The van der Waals surface area contributed by atoms with Crippen molar-refractivity contribution in [2.75, 3.05) is 32.6 Å². The lowest BCUT2D eigenvalue weighted by molar-refractivity contribution is -0.115. The maximum Gasteiger partial charge on any atom is 0.233 e. The molecule has 194 valence electrons. The summed E-state index contributed by atoms with van der Waals surface area (Å²) in [5.41, 5.74) is 3.82. The molecule has 0 unspecified atom stereocenters. The zero-order valence-electron chi connectivity index (χ0n) is 21.3. The highest BCUT2D eigenvalue weighted by Crippen LogP contribution is 2.29. The zero-order chi connectivity index (χ0) is 26.3. The molecule has 3 heterocycles. The van der Waals surface area contributed by atoms with Crippen molar-refractivity contribution < 1.29 is 13.9 Å². The van der Waals surface area contributed by atoms with Gasteiger partial charge in [0.2, 0.25) is 23.6 Å². The van der Waals surface area contributed by atoms with Gasteiger partial charge in [0.25, 0.3) is 0 Å². The Kier molecular flexibility index (Phi) is 8.01. The minimum atomic E-state index is -0.268. The van der Waals surface area contributed by atoms with E-state index in [4.69, 9.17) is 14.1 Å². The van der Waals surface area contributed by atoms with Crippen LogP contribution in [-0.4, -0.2) is 58.2 Å². The van der Waals surface area contributed by atoms with Gasteiger partial charge in [0.05, 0.1) is 35.1 Å². The number of rotatable bonds is 11. The van der Waals surface area contributed by atoms with Gasteiger partial charge >= 0.3 is 0 Å². The van der Waals surface area contributed by atoms with Gasteiger partial charge in [-0.3, -0.25) is 4.79 Å². The predicted molar refractivity (Wildman–Crippen MR) is 147 cm³/mol. The second-order valence-electron chi connectivity index (χ2n) is 9.04. The van der Waals surface area contributed by atoms with Crippen LogP contribution in [0.4, 0.5) is 5.69 Å². The Morgan fingerprint density at radius 2 is 1.87 bits per heavy atom. The first-order valence-electron chi connectivity index (χ1n) is 12.3. The molecule has 10 heteroatoms. The van der Waals surface area contributed by atoms with E-state index >= 15 is 0 Å². The van der Waals surface area contributed by atoms with Gasteiger partial charge in [-0.2, -0.15) is 0 Å². The molecule has 0 saturated heterocycles. The summed E-state index contributed by atoms with van der Waals surface area (Å²) in [5, 5.41) is 11.8. The number of ether oxygens (including phenoxy) is 1. The number of thiazole rings is 1. The van der Waals surface area contributed by atoms with E-state index in [1.807, 2.05) is 38.4 Å². The standard InChI is InChI=1S/C28H28N6O3S/c1-34(2)13-6-14-36-25-12-10-21(18-29-25)30-24(35)16-26-32-33-27(37-26)17-28-31-22-11-9-20(15-23(22)38-28)19-7-4-3-5-8-19/h3-5,7-12,15,18H,6,13-14,16-17H2,1-2H3,(H,30,35). The number of amides is 1. The van der Waals surface area contributed by atoms with Crippen molar-refractivity contribution in [3.63, 3.8) is 0 Å². The van der Waals surface area contributed by atoms with E-state index in [9.17, 15) is 4.79 Å². The molecule has 0 aliphatic heterocycles. The lowest BCUT2D eigenvalue weighted by atomic mass is 10.1. The van der Waals surface area contributed by atoms with Crippen LogP contribution in [0, 0.1) is 0 Å². The molecule has 38 heavy (non-hydrogen) atoms. The summed E-state index contributed by atoms with van der Waals surface area (Å²) >= 11 is 1.60. The summed E-state index contributed by atoms with van der Waals surface area (Å²) in [7, 11) is 4.05. The second kappa shape index (κ2) is 11.9. The number of anilines is 1. The van der Waals surface area contributed by atoms with Crippen LogP contribution in [-0.2, 0) is 17.6 Å². The van der Waals surface area contributed by atoms with Crippen LogP contribution in [0.3, 0.4) is 0 Å². The number of nitrogens with zero attached hydrogens (tertiary/aromatic N) is 5. The monoisotopic (exact) mass is 528 g/mol. The Morgan fingerprint density at radius 1 is 1.03 bits per heavy atom. The van der Waals surface area contributed by atoms with Crippen LogP contribution in [0.5, 0.6) is 5.88 Å². The van der Waals surface area contributed by atoms with Gasteiger partial charge in [-0.05, 0) is 49.8 Å². The molecule has 5 aromatic rings. The first-order chi connectivity index (χ1) is 18.5. The number of hydrogen-bond acceptors (Lipinski definition) is 9. The molecule has 0 bridgehead atoms. The molecule has 5 rings (SSSR count). The highest BCUT2D eigenvalue weighted by atomic mass is 32.1. The zero-order valence-corrected chi connectivity index (χ0v) is 22.1. The first kappa shape index (κ1) is 25.5. The lowest BCUT2D eigenvalue weighted by Gasteiger charge is -2.10. The van der Waals surface area contributed by atoms with Crippen molar-refractivity contribution >= 4 is 33.1 Å². The quantitative estimate of drug-likeness (QED) is 0.243. The molecule has 3 aromatic heterocycles. The number of pyridine rings is 1. The van der Waals surface area contributed by atoms with E-state index in [2.05, 4.69) is 49.7 Å². The van der Waals surface area contributed by atoms with Crippen LogP contribution in [0.1, 0.15) is 23.2 Å². The van der Waals surface area contributed by atoms with Crippen molar-refractivity contribution in [3.05, 3.63) is 83.6 Å². The minimum absolute atomic E-state index is 0.0317. The number of carbonyl (C=O) groups is 1. The number of benzene rings is 2. The molecular weight excluding hydrogens is 500 g/mol. The smallest absolute Gasteiger partial charge is 0.233 e. The molecule has 0 atom stereocenters. The average molecular weight is 529 g/mol. The number of hydrogen-bond donors (Lipinski definition) is 1. The van der Waals surface area contributed by atoms with Crippen LogP contribution >= 0.6 is 11.3 Å². The van der Waals surface area contributed by atoms with Crippen molar-refractivity contribution in [2.45, 2.75) is 19.3 Å². The fraction of sp³-hybridized carbons (Fsp3) is 0.250.